The second-order valence-electron chi connectivity index (χ2n) is 7.68. The highest BCUT2D eigenvalue weighted by atomic mass is 16.6. The van der Waals surface area contributed by atoms with Crippen molar-refractivity contribution >= 4 is 17.5 Å². The maximum Gasteiger partial charge on any atom is 0.407 e. The summed E-state index contributed by atoms with van der Waals surface area (Å²) in [6, 6.07) is 5.34. The van der Waals surface area contributed by atoms with E-state index in [1.165, 1.54) is 0 Å². The Balaban J connectivity index is 1.87. The molecule has 2 N–H and O–H groups in total. The van der Waals surface area contributed by atoms with Crippen LogP contribution in [-0.2, 0) is 4.74 Å². The van der Waals surface area contributed by atoms with E-state index in [0.717, 1.165) is 31.2 Å². The fourth-order valence-electron chi connectivity index (χ4n) is 2.95. The van der Waals surface area contributed by atoms with Crippen LogP contribution in [0.15, 0.2) is 18.2 Å². The Morgan fingerprint density at radius 2 is 1.88 bits per heavy atom. The number of nitro groups is 1. The second-order valence-corrected chi connectivity index (χ2v) is 7.68. The number of ether oxygens (including phenoxy) is 1. The van der Waals surface area contributed by atoms with Crippen LogP contribution < -0.4 is 10.6 Å². The Hall–Kier alpha value is -2.31. The predicted octanol–water partition coefficient (Wildman–Crippen LogP) is 4.15. The van der Waals surface area contributed by atoms with E-state index in [-0.39, 0.29) is 28.3 Å². The van der Waals surface area contributed by atoms with Gasteiger partial charge in [0, 0.05) is 17.6 Å². The van der Waals surface area contributed by atoms with E-state index < -0.39 is 6.09 Å². The maximum atomic E-state index is 11.8. The summed E-state index contributed by atoms with van der Waals surface area (Å²) in [7, 11) is 0. The number of carbonyl (C=O) groups excluding carboxylic acids is 1. The molecule has 0 radical (unpaired) electrons. The van der Waals surface area contributed by atoms with E-state index in [1.54, 1.807) is 12.1 Å². The van der Waals surface area contributed by atoms with E-state index in [0.29, 0.717) is 5.69 Å². The summed E-state index contributed by atoms with van der Waals surface area (Å²) in [6.07, 6.45) is 2.60. The average Bonchev–Trinajstić information content (AvgIpc) is 2.49. The van der Waals surface area contributed by atoms with Gasteiger partial charge in [-0.1, -0.05) is 6.07 Å². The Kier molecular flexibility index (Phi) is 5.87. The van der Waals surface area contributed by atoms with Crippen molar-refractivity contribution in [3.8, 4) is 0 Å². The lowest BCUT2D eigenvalue weighted by Gasteiger charge is -2.30. The number of anilines is 1. The van der Waals surface area contributed by atoms with Crippen molar-refractivity contribution in [2.24, 2.45) is 0 Å². The summed E-state index contributed by atoms with van der Waals surface area (Å²) in [5.41, 5.74) is 1.19. The van der Waals surface area contributed by atoms with Gasteiger partial charge in [0.15, 0.2) is 0 Å². The Labute approximate surface area is 148 Å². The van der Waals surface area contributed by atoms with Crippen LogP contribution in [0.1, 0.15) is 52.0 Å². The molecule has 7 heteroatoms. The van der Waals surface area contributed by atoms with Crippen molar-refractivity contribution in [3.05, 3.63) is 33.9 Å². The summed E-state index contributed by atoms with van der Waals surface area (Å²) in [6.45, 7) is 7.55. The SMILES string of the molecule is Cc1ccc(NC2CCC(OC(=O)NC(C)(C)C)CC2)c([N+](=O)[O-])c1. The molecule has 1 aromatic rings. The molecule has 138 valence electrons. The molecule has 1 aromatic carbocycles. The minimum absolute atomic E-state index is 0.0999. The van der Waals surface area contributed by atoms with Gasteiger partial charge >= 0.3 is 6.09 Å². The van der Waals surface area contributed by atoms with Crippen LogP contribution in [0.5, 0.6) is 0 Å². The van der Waals surface area contributed by atoms with Gasteiger partial charge in [0.1, 0.15) is 11.8 Å². The lowest BCUT2D eigenvalue weighted by molar-refractivity contribution is -0.384. The molecule has 1 aliphatic carbocycles. The van der Waals surface area contributed by atoms with Gasteiger partial charge < -0.3 is 15.4 Å². The summed E-state index contributed by atoms with van der Waals surface area (Å²) in [5, 5.41) is 17.3. The van der Waals surface area contributed by atoms with E-state index in [4.69, 9.17) is 4.74 Å². The monoisotopic (exact) mass is 349 g/mol. The zero-order valence-corrected chi connectivity index (χ0v) is 15.3. The molecule has 0 spiro atoms. The Morgan fingerprint density at radius 1 is 1.24 bits per heavy atom. The zero-order valence-electron chi connectivity index (χ0n) is 15.3. The van der Waals surface area contributed by atoms with Crippen LogP contribution in [0.25, 0.3) is 0 Å². The number of benzene rings is 1. The smallest absolute Gasteiger partial charge is 0.407 e. The van der Waals surface area contributed by atoms with E-state index in [2.05, 4.69) is 10.6 Å². The van der Waals surface area contributed by atoms with E-state index in [1.807, 2.05) is 33.8 Å². The van der Waals surface area contributed by atoms with Crippen LogP contribution >= 0.6 is 0 Å². The topological polar surface area (TPSA) is 93.5 Å². The van der Waals surface area contributed by atoms with Gasteiger partial charge in [-0.3, -0.25) is 10.1 Å². The van der Waals surface area contributed by atoms with Crippen LogP contribution in [0, 0.1) is 17.0 Å². The quantitative estimate of drug-likeness (QED) is 0.629. The largest absolute Gasteiger partial charge is 0.446 e. The molecule has 0 saturated heterocycles. The lowest BCUT2D eigenvalue weighted by atomic mass is 9.92. The first-order chi connectivity index (χ1) is 11.6. The first-order valence-corrected chi connectivity index (χ1v) is 8.64. The fraction of sp³-hybridized carbons (Fsp3) is 0.611. The van der Waals surface area contributed by atoms with Crippen LogP contribution in [0.3, 0.4) is 0 Å². The molecular formula is C18H27N3O4. The molecule has 1 saturated carbocycles. The highest BCUT2D eigenvalue weighted by Gasteiger charge is 2.26. The minimum Gasteiger partial charge on any atom is -0.446 e. The maximum absolute atomic E-state index is 11.8. The molecule has 0 atom stereocenters. The van der Waals surface area contributed by atoms with Gasteiger partial charge in [-0.05, 0) is 65.0 Å². The van der Waals surface area contributed by atoms with Gasteiger partial charge in [-0.25, -0.2) is 4.79 Å². The molecule has 0 unspecified atom stereocenters. The zero-order chi connectivity index (χ0) is 18.6. The number of nitrogens with one attached hydrogen (secondary N) is 2. The summed E-state index contributed by atoms with van der Waals surface area (Å²) in [4.78, 5) is 22.7. The Morgan fingerprint density at radius 3 is 2.44 bits per heavy atom. The first kappa shape index (κ1) is 19.0. The highest BCUT2D eigenvalue weighted by Crippen LogP contribution is 2.30. The van der Waals surface area contributed by atoms with Crippen molar-refractivity contribution in [2.45, 2.75) is 71.1 Å². The van der Waals surface area contributed by atoms with Gasteiger partial charge in [-0.2, -0.15) is 0 Å². The molecule has 0 bridgehead atoms. The van der Waals surface area contributed by atoms with Gasteiger partial charge in [-0.15, -0.1) is 0 Å². The second kappa shape index (κ2) is 7.72. The van der Waals surface area contributed by atoms with Gasteiger partial charge in [0.25, 0.3) is 5.69 Å². The van der Waals surface area contributed by atoms with Gasteiger partial charge in [0.2, 0.25) is 0 Å². The van der Waals surface area contributed by atoms with Crippen molar-refractivity contribution in [3.63, 3.8) is 0 Å². The number of nitrogens with zero attached hydrogens (tertiary/aromatic N) is 1. The third-order valence-corrected chi connectivity index (χ3v) is 4.13. The van der Waals surface area contributed by atoms with Gasteiger partial charge in [0.05, 0.1) is 4.92 Å². The number of amides is 1. The summed E-state index contributed by atoms with van der Waals surface area (Å²) >= 11 is 0. The number of hydrogen-bond donors (Lipinski definition) is 2. The number of aryl methyl sites for hydroxylation is 1. The molecule has 7 nitrogen and oxygen atoms in total. The molecule has 0 heterocycles. The fourth-order valence-corrected chi connectivity index (χ4v) is 2.95. The number of hydrogen-bond acceptors (Lipinski definition) is 5. The van der Waals surface area contributed by atoms with Crippen molar-refractivity contribution < 1.29 is 14.5 Å². The number of alkyl carbamates (subject to hydrolysis) is 1. The molecule has 0 aromatic heterocycles. The Bertz CT molecular complexity index is 632. The van der Waals surface area contributed by atoms with Crippen LogP contribution in [-0.4, -0.2) is 28.7 Å². The molecule has 1 aliphatic rings. The summed E-state index contributed by atoms with van der Waals surface area (Å²) < 4.78 is 5.46. The summed E-state index contributed by atoms with van der Waals surface area (Å²) in [5.74, 6) is 0. The van der Waals surface area contributed by atoms with Crippen LogP contribution in [0.2, 0.25) is 0 Å². The van der Waals surface area contributed by atoms with E-state index >= 15 is 0 Å². The number of nitro benzene ring substituents is 1. The number of carbonyl (C=O) groups is 1. The van der Waals surface area contributed by atoms with E-state index in [9.17, 15) is 14.9 Å². The molecule has 1 amide bonds. The number of rotatable bonds is 4. The molecule has 0 aliphatic heterocycles. The van der Waals surface area contributed by atoms with Crippen molar-refractivity contribution in [1.29, 1.82) is 0 Å². The standard InChI is InChI=1S/C18H27N3O4/c1-12-5-10-15(16(11-12)21(23)24)19-13-6-8-14(9-7-13)25-17(22)20-18(2,3)4/h5,10-11,13-14,19H,6-9H2,1-4H3,(H,20,22). The average molecular weight is 349 g/mol. The molecule has 1 fully saturated rings. The molecule has 25 heavy (non-hydrogen) atoms. The van der Waals surface area contributed by atoms with Crippen molar-refractivity contribution in [2.75, 3.05) is 5.32 Å². The van der Waals surface area contributed by atoms with Crippen LogP contribution in [0.4, 0.5) is 16.2 Å². The lowest BCUT2D eigenvalue weighted by Crippen LogP contribution is -2.43. The minimum atomic E-state index is -0.391. The predicted molar refractivity (Wildman–Crippen MR) is 96.9 cm³/mol. The normalized spacial score (nSPS) is 20.6. The third kappa shape index (κ3) is 5.92. The highest BCUT2D eigenvalue weighted by molar-refractivity contribution is 5.68. The first-order valence-electron chi connectivity index (χ1n) is 8.64. The third-order valence-electron chi connectivity index (χ3n) is 4.13. The van der Waals surface area contributed by atoms with Crippen molar-refractivity contribution in [1.82, 2.24) is 5.32 Å². The molecule has 2 rings (SSSR count). The molecular weight excluding hydrogens is 322 g/mol.